The summed E-state index contributed by atoms with van der Waals surface area (Å²) in [6.07, 6.45) is 21.1. The topological polar surface area (TPSA) is 70.2 Å². The Labute approximate surface area is 462 Å². The third kappa shape index (κ3) is 11.1. The van der Waals surface area contributed by atoms with Crippen LogP contribution in [0, 0.1) is 23.7 Å². The zero-order valence-electron chi connectivity index (χ0n) is 47.2. The summed E-state index contributed by atoms with van der Waals surface area (Å²) in [6.45, 7) is 22.8. The first kappa shape index (κ1) is 54.5. The molecule has 2 N–H and O–H groups in total. The lowest BCUT2D eigenvalue weighted by molar-refractivity contribution is 0.666. The van der Waals surface area contributed by atoms with Crippen molar-refractivity contribution in [1.82, 2.24) is 24.9 Å². The average molecular weight is 1040 g/mol. The lowest BCUT2D eigenvalue weighted by Gasteiger charge is -2.08. The monoisotopic (exact) mass is 1040 g/mol. The van der Waals surface area contributed by atoms with Gasteiger partial charge in [-0.2, -0.15) is 0 Å². The van der Waals surface area contributed by atoms with Crippen LogP contribution in [0.5, 0.6) is 0 Å². The number of fused-ring (bicyclic) bond motifs is 9. The first-order valence-corrected chi connectivity index (χ1v) is 30.8. The third-order valence-electron chi connectivity index (χ3n) is 15.9. The molecule has 0 saturated heterocycles. The van der Waals surface area contributed by atoms with Crippen LogP contribution < -0.4 is 0 Å². The third-order valence-corrected chi connectivity index (χ3v) is 18.3. The van der Waals surface area contributed by atoms with Crippen molar-refractivity contribution in [3.63, 3.8) is 0 Å². The van der Waals surface area contributed by atoms with Crippen LogP contribution in [0.15, 0.2) is 66.9 Å². The molecule has 8 bridgehead atoms. The van der Waals surface area contributed by atoms with Crippen LogP contribution in [0.2, 0.25) is 0 Å². The van der Waals surface area contributed by atoms with Gasteiger partial charge in [-0.1, -0.05) is 120 Å². The number of aromatic amines is 2. The Balaban J connectivity index is 1.24. The van der Waals surface area contributed by atoms with Gasteiger partial charge in [0.15, 0.2) is 0 Å². The number of H-pyrrole nitrogens is 2. The molecule has 0 unspecified atom stereocenters. The van der Waals surface area contributed by atoms with Crippen molar-refractivity contribution in [2.45, 2.75) is 185 Å². The van der Waals surface area contributed by atoms with Crippen molar-refractivity contribution in [2.75, 3.05) is 0 Å². The van der Waals surface area contributed by atoms with Crippen molar-refractivity contribution in [3.05, 3.63) is 133 Å². The fraction of sp³-hybridized carbons (Fsp3) is 0.406. The molecule has 0 saturated carbocycles. The van der Waals surface area contributed by atoms with Crippen molar-refractivity contribution in [1.29, 1.82) is 0 Å². The molecule has 7 heteroatoms. The standard InChI is InChI=1S/C69H79N5S2/c1-11-21-23-25-30-46-39-48(75-68(46)69-47(31-26-24-22-12-2)40-65(76-69)45-35-36-58-44(38-45)32-29-37-70-58)33-27-28-34-57-66-55(19-9)53(17-7)63(73-66)42-61-51(15-5)49(13-3)59(71-61)41-60-50(14-4)52(16-6)62(72-60)43-64-54(18-8)56(20-10)67(57)74-64/h29,32,35-43,71-72H,11-26,30-31H2,1-10H3. The molecule has 76 heavy (non-hydrogen) atoms. The van der Waals surface area contributed by atoms with Crippen LogP contribution >= 0.6 is 22.7 Å². The summed E-state index contributed by atoms with van der Waals surface area (Å²) < 4.78 is 0. The molecule has 2 aliphatic rings. The first-order chi connectivity index (χ1) is 37.2. The molecule has 2 aliphatic heterocycles. The summed E-state index contributed by atoms with van der Waals surface area (Å²) in [4.78, 5) is 28.9. The van der Waals surface area contributed by atoms with E-state index in [1.807, 2.05) is 34.9 Å². The number of aryl methyl sites for hydroxylation is 6. The molecule has 8 heterocycles. The van der Waals surface area contributed by atoms with Gasteiger partial charge < -0.3 is 9.97 Å². The van der Waals surface area contributed by atoms with Crippen molar-refractivity contribution in [3.8, 4) is 43.9 Å². The predicted molar refractivity (Wildman–Crippen MR) is 331 cm³/mol. The summed E-state index contributed by atoms with van der Waals surface area (Å²) in [5, 5.41) is 1.18. The number of aromatic nitrogens is 5. The van der Waals surface area contributed by atoms with Gasteiger partial charge in [0.25, 0.3) is 0 Å². The number of nitrogens with one attached hydrogen (secondary N) is 2. The Morgan fingerprint density at radius 2 is 0.987 bits per heavy atom. The van der Waals surface area contributed by atoms with Gasteiger partial charge in [0.2, 0.25) is 0 Å². The Bertz CT molecular complexity index is 3510. The lowest BCUT2D eigenvalue weighted by Crippen LogP contribution is -1.95. The maximum atomic E-state index is 5.63. The van der Waals surface area contributed by atoms with Crippen LogP contribution in [0.4, 0.5) is 0 Å². The SMILES string of the molecule is CCCCCCc1cc(C#CC#Cc2c3nc(cc4[nH]c(cc5[nH]c(cc6nc2C(CC)=C6CC)c(CC)c5CC)c(CC)c4CC)C(CC)=C3CC)sc1-c1sc(-c2ccc3ncccc3c2)cc1CCCCCC. The van der Waals surface area contributed by atoms with E-state index in [9.17, 15) is 0 Å². The Kier molecular flexibility index (Phi) is 18.1. The number of allylic oxidation sites excluding steroid dienone is 4. The molecule has 0 atom stereocenters. The van der Waals surface area contributed by atoms with E-state index in [4.69, 9.17) is 9.97 Å². The van der Waals surface area contributed by atoms with Crippen molar-refractivity contribution < 1.29 is 0 Å². The van der Waals surface area contributed by atoms with Gasteiger partial charge in [-0.15, -0.1) is 22.7 Å². The maximum Gasteiger partial charge on any atom is 0.0851 e. The number of nitrogens with zero attached hydrogens (tertiary/aromatic N) is 3. The van der Waals surface area contributed by atoms with Gasteiger partial charge in [-0.25, -0.2) is 9.97 Å². The second-order valence-corrected chi connectivity index (χ2v) is 22.6. The second kappa shape index (κ2) is 25.3. The number of rotatable bonds is 20. The van der Waals surface area contributed by atoms with E-state index in [1.165, 1.54) is 144 Å². The zero-order valence-corrected chi connectivity index (χ0v) is 48.9. The lowest BCUT2D eigenvalue weighted by atomic mass is 9.94. The second-order valence-electron chi connectivity index (χ2n) is 20.5. The fourth-order valence-corrected chi connectivity index (χ4v) is 14.5. The maximum absolute atomic E-state index is 5.63. The molecule has 0 fully saturated rings. The summed E-state index contributed by atoms with van der Waals surface area (Å²) in [7, 11) is 0. The Morgan fingerprint density at radius 1 is 0.474 bits per heavy atom. The van der Waals surface area contributed by atoms with Gasteiger partial charge in [0.05, 0.1) is 38.7 Å². The number of unbranched alkanes of at least 4 members (excludes halogenated alkanes) is 6. The minimum atomic E-state index is 0.843. The predicted octanol–water partition coefficient (Wildman–Crippen LogP) is 19.7. The van der Waals surface area contributed by atoms with Crippen LogP contribution in [0.3, 0.4) is 0 Å². The van der Waals surface area contributed by atoms with E-state index in [-0.39, 0.29) is 0 Å². The number of hydrogen-bond donors (Lipinski definition) is 2. The van der Waals surface area contributed by atoms with Crippen molar-refractivity contribution >= 4 is 77.9 Å². The van der Waals surface area contributed by atoms with E-state index in [2.05, 4.69) is 162 Å². The average Bonchev–Trinajstić information content (AvgIpc) is 4.30. The van der Waals surface area contributed by atoms with Crippen molar-refractivity contribution in [2.24, 2.45) is 0 Å². The quantitative estimate of drug-likeness (QED) is 0.0590. The molecule has 6 aromatic heterocycles. The molecular weight excluding hydrogens is 963 g/mol. The van der Waals surface area contributed by atoms with E-state index in [0.717, 1.165) is 114 Å². The fourth-order valence-electron chi connectivity index (χ4n) is 12.0. The summed E-state index contributed by atoms with van der Waals surface area (Å²) in [5.74, 6) is 14.2. The van der Waals surface area contributed by atoms with Crippen LogP contribution in [0.25, 0.3) is 75.5 Å². The van der Waals surface area contributed by atoms with Gasteiger partial charge >= 0.3 is 0 Å². The number of pyridine rings is 1. The zero-order chi connectivity index (χ0) is 53.3. The summed E-state index contributed by atoms with van der Waals surface area (Å²) in [5.41, 5.74) is 25.2. The molecule has 1 aromatic carbocycles. The number of hydrogen-bond acceptors (Lipinski definition) is 5. The Morgan fingerprint density at radius 3 is 1.51 bits per heavy atom. The van der Waals surface area contributed by atoms with Gasteiger partial charge in [0, 0.05) is 48.3 Å². The number of thiophene rings is 2. The normalized spacial score (nSPS) is 12.4. The van der Waals surface area contributed by atoms with Crippen LogP contribution in [-0.2, 0) is 38.5 Å². The minimum absolute atomic E-state index is 0.843. The smallest absolute Gasteiger partial charge is 0.0851 e. The highest BCUT2D eigenvalue weighted by molar-refractivity contribution is 7.24. The highest BCUT2D eigenvalue weighted by atomic mass is 32.1. The largest absolute Gasteiger partial charge is 0.355 e. The molecule has 0 aliphatic carbocycles. The molecule has 392 valence electrons. The molecule has 5 nitrogen and oxygen atoms in total. The minimum Gasteiger partial charge on any atom is -0.355 e. The van der Waals surface area contributed by atoms with E-state index >= 15 is 0 Å². The molecule has 0 amide bonds. The summed E-state index contributed by atoms with van der Waals surface area (Å²) >= 11 is 3.81. The highest BCUT2D eigenvalue weighted by Crippen LogP contribution is 2.46. The molecular formula is C69H79N5S2. The van der Waals surface area contributed by atoms with E-state index < -0.39 is 0 Å². The molecule has 9 rings (SSSR count). The van der Waals surface area contributed by atoms with E-state index in [1.54, 1.807) is 0 Å². The van der Waals surface area contributed by atoms with Gasteiger partial charge in [-0.3, -0.25) is 4.98 Å². The first-order valence-electron chi connectivity index (χ1n) is 29.1. The molecule has 0 radical (unpaired) electrons. The highest BCUT2D eigenvalue weighted by Gasteiger charge is 2.27. The molecule has 0 spiro atoms. The van der Waals surface area contributed by atoms with Crippen LogP contribution in [0.1, 0.15) is 213 Å². The van der Waals surface area contributed by atoms with Gasteiger partial charge in [-0.05, 0) is 210 Å². The molecule has 7 aromatic rings. The number of benzene rings is 1. The summed E-state index contributed by atoms with van der Waals surface area (Å²) in [6, 6.07) is 22.8. The van der Waals surface area contributed by atoms with E-state index in [0.29, 0.717) is 0 Å². The van der Waals surface area contributed by atoms with Crippen LogP contribution in [-0.4, -0.2) is 24.9 Å². The van der Waals surface area contributed by atoms with Gasteiger partial charge in [0.1, 0.15) is 0 Å². The Hall–Kier alpha value is -6.25.